The average molecular weight is 328 g/mol. The van der Waals surface area contributed by atoms with E-state index in [4.69, 9.17) is 16.6 Å². The molecule has 0 saturated heterocycles. The Kier molecular flexibility index (Phi) is 6.11. The Bertz CT molecular complexity index is 693. The lowest BCUT2D eigenvalue weighted by molar-refractivity contribution is -0.115. The van der Waals surface area contributed by atoms with E-state index in [9.17, 15) is 4.79 Å². The second-order valence-electron chi connectivity index (χ2n) is 5.19. The van der Waals surface area contributed by atoms with E-state index in [1.165, 1.54) is 11.6 Å². The lowest BCUT2D eigenvalue weighted by atomic mass is 9.97. The molecule has 1 atom stereocenters. The number of para-hydroxylation sites is 1. The maximum absolute atomic E-state index is 11.8. The smallest absolute Gasteiger partial charge is 0.250 e. The number of carbonyl (C=O) groups is 1. The molecule has 4 nitrogen and oxygen atoms in total. The van der Waals surface area contributed by atoms with E-state index >= 15 is 0 Å². The third-order valence-electron chi connectivity index (χ3n) is 3.53. The van der Waals surface area contributed by atoms with Gasteiger partial charge in [0.25, 0.3) is 0 Å². The third kappa shape index (κ3) is 5.07. The Morgan fingerprint density at radius 2 is 2.09 bits per heavy atom. The first-order valence-corrected chi connectivity index (χ1v) is 7.93. The van der Waals surface area contributed by atoms with Crippen LogP contribution in [0.15, 0.2) is 53.2 Å². The van der Waals surface area contributed by atoms with Gasteiger partial charge in [-0.3, -0.25) is 10.1 Å². The van der Waals surface area contributed by atoms with Gasteiger partial charge in [0.15, 0.2) is 5.11 Å². The van der Waals surface area contributed by atoms with E-state index in [1.807, 2.05) is 18.2 Å². The van der Waals surface area contributed by atoms with E-state index in [2.05, 4.69) is 30.5 Å². The van der Waals surface area contributed by atoms with Gasteiger partial charge >= 0.3 is 0 Å². The van der Waals surface area contributed by atoms with Crippen LogP contribution in [0, 0.1) is 0 Å². The molecule has 0 unspecified atom stereocenters. The van der Waals surface area contributed by atoms with Crippen molar-refractivity contribution in [1.29, 1.82) is 0 Å². The molecule has 0 saturated carbocycles. The van der Waals surface area contributed by atoms with E-state index in [0.29, 0.717) is 11.7 Å². The Hall–Kier alpha value is -2.40. The molecular formula is C18H20N2O2S. The van der Waals surface area contributed by atoms with Crippen molar-refractivity contribution in [3.63, 3.8) is 0 Å². The van der Waals surface area contributed by atoms with Crippen molar-refractivity contribution in [3.05, 3.63) is 60.1 Å². The Labute approximate surface area is 141 Å². The Morgan fingerprint density at radius 3 is 2.78 bits per heavy atom. The lowest BCUT2D eigenvalue weighted by Gasteiger charge is -2.16. The molecule has 1 amide bonds. The van der Waals surface area contributed by atoms with Crippen molar-refractivity contribution in [2.24, 2.45) is 0 Å². The number of amides is 1. The number of anilines is 1. The zero-order valence-corrected chi connectivity index (χ0v) is 14.0. The summed E-state index contributed by atoms with van der Waals surface area (Å²) in [5, 5.41) is 5.99. The molecule has 0 fully saturated rings. The van der Waals surface area contributed by atoms with Crippen LogP contribution in [0.2, 0.25) is 0 Å². The molecule has 120 valence electrons. The zero-order valence-electron chi connectivity index (χ0n) is 13.2. The van der Waals surface area contributed by atoms with Crippen LogP contribution in [-0.4, -0.2) is 11.0 Å². The fourth-order valence-electron chi connectivity index (χ4n) is 2.11. The molecule has 0 aliphatic rings. The van der Waals surface area contributed by atoms with Crippen molar-refractivity contribution >= 4 is 35.0 Å². The number of thiocarbonyl (C=S) groups is 1. The number of benzene rings is 1. The summed E-state index contributed by atoms with van der Waals surface area (Å²) in [7, 11) is 0. The normalized spacial score (nSPS) is 12.1. The van der Waals surface area contributed by atoms with Gasteiger partial charge in [0.05, 0.1) is 6.26 Å². The number of rotatable bonds is 5. The molecule has 5 heteroatoms. The molecule has 0 aliphatic carbocycles. The number of nitrogens with one attached hydrogen (secondary N) is 2. The van der Waals surface area contributed by atoms with Crippen LogP contribution >= 0.6 is 12.2 Å². The molecule has 1 heterocycles. The summed E-state index contributed by atoms with van der Waals surface area (Å²) >= 11 is 5.21. The highest BCUT2D eigenvalue weighted by Gasteiger charge is 2.10. The standard InChI is InChI=1S/C18H20N2O2S/c1-3-13(2)15-8-4-5-9-16(15)19-18(23)20-17(21)11-10-14-7-6-12-22-14/h4-13H,3H2,1-2H3,(H2,19,20,21,23)/b11-10+/t13-/m1/s1. The first kappa shape index (κ1) is 17.0. The van der Waals surface area contributed by atoms with Crippen molar-refractivity contribution in [1.82, 2.24) is 5.32 Å². The van der Waals surface area contributed by atoms with Gasteiger partial charge in [-0.25, -0.2) is 0 Å². The minimum atomic E-state index is -0.306. The quantitative estimate of drug-likeness (QED) is 0.634. The van der Waals surface area contributed by atoms with Crippen LogP contribution in [0.4, 0.5) is 5.69 Å². The number of furan rings is 1. The molecule has 2 aromatic rings. The molecule has 0 bridgehead atoms. The monoisotopic (exact) mass is 328 g/mol. The predicted molar refractivity (Wildman–Crippen MR) is 97.3 cm³/mol. The van der Waals surface area contributed by atoms with Crippen LogP contribution in [0.1, 0.15) is 37.5 Å². The van der Waals surface area contributed by atoms with Crippen LogP contribution in [0.3, 0.4) is 0 Å². The molecule has 23 heavy (non-hydrogen) atoms. The third-order valence-corrected chi connectivity index (χ3v) is 3.74. The van der Waals surface area contributed by atoms with Gasteiger partial charge in [-0.1, -0.05) is 32.0 Å². The van der Waals surface area contributed by atoms with Gasteiger partial charge in [-0.15, -0.1) is 0 Å². The highest BCUT2D eigenvalue weighted by Crippen LogP contribution is 2.26. The van der Waals surface area contributed by atoms with Gasteiger partial charge < -0.3 is 9.73 Å². The molecule has 0 spiro atoms. The van der Waals surface area contributed by atoms with Crippen molar-refractivity contribution < 1.29 is 9.21 Å². The molecule has 1 aromatic heterocycles. The summed E-state index contributed by atoms with van der Waals surface area (Å²) in [6.07, 6.45) is 5.55. The van der Waals surface area contributed by atoms with Gasteiger partial charge in [-0.2, -0.15) is 0 Å². The highest BCUT2D eigenvalue weighted by molar-refractivity contribution is 7.80. The minimum Gasteiger partial charge on any atom is -0.465 e. The van der Waals surface area contributed by atoms with E-state index in [0.717, 1.165) is 12.1 Å². The number of hydrogen-bond acceptors (Lipinski definition) is 3. The summed E-state index contributed by atoms with van der Waals surface area (Å²) in [6.45, 7) is 4.30. The lowest BCUT2D eigenvalue weighted by Crippen LogP contribution is -2.33. The molecule has 1 aromatic carbocycles. The fraction of sp³-hybridized carbons (Fsp3) is 0.222. The van der Waals surface area contributed by atoms with E-state index in [-0.39, 0.29) is 11.0 Å². The van der Waals surface area contributed by atoms with E-state index in [1.54, 1.807) is 24.5 Å². The minimum absolute atomic E-state index is 0.273. The molecule has 0 radical (unpaired) electrons. The maximum Gasteiger partial charge on any atom is 0.250 e. The molecule has 2 N–H and O–H groups in total. The second-order valence-corrected chi connectivity index (χ2v) is 5.60. The summed E-state index contributed by atoms with van der Waals surface area (Å²) in [4.78, 5) is 11.8. The van der Waals surface area contributed by atoms with Gasteiger partial charge in [0.2, 0.25) is 5.91 Å². The maximum atomic E-state index is 11.8. The van der Waals surface area contributed by atoms with Crippen molar-refractivity contribution in [2.45, 2.75) is 26.2 Å². The fourth-order valence-corrected chi connectivity index (χ4v) is 2.32. The predicted octanol–water partition coefficient (Wildman–Crippen LogP) is 4.32. The highest BCUT2D eigenvalue weighted by atomic mass is 32.1. The summed E-state index contributed by atoms with van der Waals surface area (Å²) in [5.74, 6) is 0.720. The van der Waals surface area contributed by atoms with Crippen LogP contribution in [0.5, 0.6) is 0 Å². The topological polar surface area (TPSA) is 54.3 Å². The summed E-state index contributed by atoms with van der Waals surface area (Å²) < 4.78 is 5.12. The first-order valence-electron chi connectivity index (χ1n) is 7.52. The van der Waals surface area contributed by atoms with Crippen LogP contribution in [-0.2, 0) is 4.79 Å². The Morgan fingerprint density at radius 1 is 1.30 bits per heavy atom. The van der Waals surface area contributed by atoms with Crippen LogP contribution in [0.25, 0.3) is 6.08 Å². The Balaban J connectivity index is 1.96. The zero-order chi connectivity index (χ0) is 16.7. The van der Waals surface area contributed by atoms with E-state index < -0.39 is 0 Å². The van der Waals surface area contributed by atoms with Gasteiger partial charge in [0, 0.05) is 11.8 Å². The van der Waals surface area contributed by atoms with Crippen molar-refractivity contribution in [3.8, 4) is 0 Å². The average Bonchev–Trinajstić information content (AvgIpc) is 3.06. The second kappa shape index (κ2) is 8.29. The summed E-state index contributed by atoms with van der Waals surface area (Å²) in [5.41, 5.74) is 2.10. The van der Waals surface area contributed by atoms with Gasteiger partial charge in [0.1, 0.15) is 5.76 Å². The number of carbonyl (C=O) groups excluding carboxylic acids is 1. The molecule has 2 rings (SSSR count). The first-order chi connectivity index (χ1) is 11.1. The van der Waals surface area contributed by atoms with Crippen molar-refractivity contribution in [2.75, 3.05) is 5.32 Å². The largest absolute Gasteiger partial charge is 0.465 e. The number of hydrogen-bond donors (Lipinski definition) is 2. The molecule has 0 aliphatic heterocycles. The van der Waals surface area contributed by atoms with Crippen LogP contribution < -0.4 is 10.6 Å². The summed E-state index contributed by atoms with van der Waals surface area (Å²) in [6, 6.07) is 11.5. The van der Waals surface area contributed by atoms with Gasteiger partial charge in [-0.05, 0) is 54.4 Å². The SMILES string of the molecule is CC[C@@H](C)c1ccccc1NC(=S)NC(=O)/C=C/c1ccco1. The molecular weight excluding hydrogens is 308 g/mol.